The first kappa shape index (κ1) is 17.7. The lowest BCUT2D eigenvalue weighted by Crippen LogP contribution is -2.45. The molecule has 0 unspecified atom stereocenters. The number of carbonyl (C=O) groups is 1. The van der Waals surface area contributed by atoms with Gasteiger partial charge in [0.2, 0.25) is 0 Å². The van der Waals surface area contributed by atoms with Crippen molar-refractivity contribution in [1.29, 1.82) is 0 Å². The standard InChI is InChI=1S/C13H27N3O3/c1-6-19-11(17)8-7-9-15-12(14-4)16-10-13(2,3)18-5/h6-10H2,1-5H3,(H2,14,15,16). The van der Waals surface area contributed by atoms with Crippen LogP contribution in [0.1, 0.15) is 33.6 Å². The zero-order valence-electron chi connectivity index (χ0n) is 12.7. The van der Waals surface area contributed by atoms with E-state index >= 15 is 0 Å². The number of methoxy groups -OCH3 is 1. The third kappa shape index (κ3) is 9.30. The average molecular weight is 273 g/mol. The summed E-state index contributed by atoms with van der Waals surface area (Å²) in [6, 6.07) is 0. The highest BCUT2D eigenvalue weighted by molar-refractivity contribution is 5.79. The van der Waals surface area contributed by atoms with Gasteiger partial charge in [0.1, 0.15) is 0 Å². The van der Waals surface area contributed by atoms with Crippen LogP contribution in [0.25, 0.3) is 0 Å². The van der Waals surface area contributed by atoms with Gasteiger partial charge in [-0.05, 0) is 27.2 Å². The molecule has 0 heterocycles. The summed E-state index contributed by atoms with van der Waals surface area (Å²) < 4.78 is 10.2. The fraction of sp³-hybridized carbons (Fsp3) is 0.846. The summed E-state index contributed by atoms with van der Waals surface area (Å²) in [4.78, 5) is 15.2. The number of rotatable bonds is 8. The van der Waals surface area contributed by atoms with Crippen LogP contribution in [0.3, 0.4) is 0 Å². The lowest BCUT2D eigenvalue weighted by Gasteiger charge is -2.24. The molecular weight excluding hydrogens is 246 g/mol. The third-order valence-electron chi connectivity index (χ3n) is 2.61. The van der Waals surface area contributed by atoms with Crippen molar-refractivity contribution >= 4 is 11.9 Å². The van der Waals surface area contributed by atoms with E-state index in [2.05, 4.69) is 15.6 Å². The Morgan fingerprint density at radius 1 is 1.32 bits per heavy atom. The second kappa shape index (κ2) is 9.61. The van der Waals surface area contributed by atoms with Crippen LogP contribution in [-0.2, 0) is 14.3 Å². The molecule has 0 aromatic carbocycles. The minimum absolute atomic E-state index is 0.159. The van der Waals surface area contributed by atoms with Crippen molar-refractivity contribution in [1.82, 2.24) is 10.6 Å². The Kier molecular flexibility index (Phi) is 8.95. The number of esters is 1. The molecule has 112 valence electrons. The van der Waals surface area contributed by atoms with Gasteiger partial charge in [-0.25, -0.2) is 0 Å². The number of hydrogen-bond donors (Lipinski definition) is 2. The Hall–Kier alpha value is -1.30. The van der Waals surface area contributed by atoms with Gasteiger partial charge in [0.15, 0.2) is 5.96 Å². The highest BCUT2D eigenvalue weighted by Gasteiger charge is 2.16. The molecule has 0 aliphatic heterocycles. The van der Waals surface area contributed by atoms with Gasteiger partial charge in [-0.1, -0.05) is 0 Å². The van der Waals surface area contributed by atoms with Gasteiger partial charge < -0.3 is 20.1 Å². The van der Waals surface area contributed by atoms with E-state index in [9.17, 15) is 4.79 Å². The van der Waals surface area contributed by atoms with E-state index in [4.69, 9.17) is 9.47 Å². The Morgan fingerprint density at radius 3 is 2.53 bits per heavy atom. The minimum Gasteiger partial charge on any atom is -0.466 e. The first-order chi connectivity index (χ1) is 8.95. The molecule has 0 saturated carbocycles. The molecule has 19 heavy (non-hydrogen) atoms. The fourth-order valence-electron chi connectivity index (χ4n) is 1.26. The zero-order chi connectivity index (χ0) is 14.7. The lowest BCUT2D eigenvalue weighted by molar-refractivity contribution is -0.143. The molecule has 0 aliphatic rings. The molecule has 0 radical (unpaired) electrons. The fourth-order valence-corrected chi connectivity index (χ4v) is 1.26. The molecule has 6 nitrogen and oxygen atoms in total. The molecule has 0 atom stereocenters. The molecule has 0 bridgehead atoms. The maximum atomic E-state index is 11.1. The van der Waals surface area contributed by atoms with Crippen LogP contribution in [0.15, 0.2) is 4.99 Å². The number of nitrogens with one attached hydrogen (secondary N) is 2. The van der Waals surface area contributed by atoms with E-state index in [0.29, 0.717) is 38.5 Å². The van der Waals surface area contributed by atoms with Gasteiger partial charge in [0.05, 0.1) is 12.2 Å². The van der Waals surface area contributed by atoms with E-state index < -0.39 is 0 Å². The van der Waals surface area contributed by atoms with Crippen molar-refractivity contribution in [3.8, 4) is 0 Å². The number of guanidine groups is 1. The summed E-state index contributed by atoms with van der Waals surface area (Å²) in [5.74, 6) is 0.543. The Bertz CT molecular complexity index is 291. The topological polar surface area (TPSA) is 72.0 Å². The van der Waals surface area contributed by atoms with E-state index in [1.54, 1.807) is 21.1 Å². The SMILES string of the molecule is CCOC(=O)CCCNC(=NC)NCC(C)(C)OC. The molecule has 0 aromatic heterocycles. The number of ether oxygens (including phenoxy) is 2. The Balaban J connectivity index is 3.81. The van der Waals surface area contributed by atoms with Crippen LogP contribution in [0.2, 0.25) is 0 Å². The molecule has 0 amide bonds. The third-order valence-corrected chi connectivity index (χ3v) is 2.61. The smallest absolute Gasteiger partial charge is 0.305 e. The van der Waals surface area contributed by atoms with Crippen LogP contribution in [0, 0.1) is 0 Å². The van der Waals surface area contributed by atoms with Crippen LogP contribution < -0.4 is 10.6 Å². The largest absolute Gasteiger partial charge is 0.466 e. The maximum absolute atomic E-state index is 11.1. The molecule has 0 aromatic rings. The van der Waals surface area contributed by atoms with E-state index in [-0.39, 0.29) is 11.6 Å². The van der Waals surface area contributed by atoms with Crippen molar-refractivity contribution in [2.24, 2.45) is 4.99 Å². The summed E-state index contributed by atoms with van der Waals surface area (Å²) in [6.07, 6.45) is 1.13. The molecular formula is C13H27N3O3. The summed E-state index contributed by atoms with van der Waals surface area (Å²) in [7, 11) is 3.39. The van der Waals surface area contributed by atoms with Gasteiger partial charge in [-0.3, -0.25) is 9.79 Å². The first-order valence-electron chi connectivity index (χ1n) is 6.60. The van der Waals surface area contributed by atoms with Crippen molar-refractivity contribution in [2.75, 3.05) is 33.9 Å². The monoisotopic (exact) mass is 273 g/mol. The molecule has 0 saturated heterocycles. The summed E-state index contributed by atoms with van der Waals surface area (Å²) in [6.45, 7) is 7.55. The number of aliphatic imine (C=N–C) groups is 1. The summed E-state index contributed by atoms with van der Waals surface area (Å²) in [5, 5.41) is 6.31. The van der Waals surface area contributed by atoms with Gasteiger partial charge in [-0.15, -0.1) is 0 Å². The quantitative estimate of drug-likeness (QED) is 0.298. The van der Waals surface area contributed by atoms with Crippen LogP contribution in [0.5, 0.6) is 0 Å². The maximum Gasteiger partial charge on any atom is 0.305 e. The van der Waals surface area contributed by atoms with Crippen molar-refractivity contribution in [2.45, 2.75) is 39.2 Å². The molecule has 0 spiro atoms. The number of hydrogen-bond acceptors (Lipinski definition) is 4. The lowest BCUT2D eigenvalue weighted by atomic mass is 10.1. The van der Waals surface area contributed by atoms with E-state index in [1.807, 2.05) is 13.8 Å². The van der Waals surface area contributed by atoms with Crippen molar-refractivity contribution < 1.29 is 14.3 Å². The number of nitrogens with zero attached hydrogens (tertiary/aromatic N) is 1. The highest BCUT2D eigenvalue weighted by Crippen LogP contribution is 2.04. The Labute approximate surface area is 116 Å². The minimum atomic E-state index is -0.247. The second-order valence-electron chi connectivity index (χ2n) is 4.72. The van der Waals surface area contributed by atoms with Crippen LogP contribution in [0.4, 0.5) is 0 Å². The number of carbonyl (C=O) groups excluding carboxylic acids is 1. The van der Waals surface area contributed by atoms with Gasteiger partial charge in [0, 0.05) is 33.7 Å². The first-order valence-corrected chi connectivity index (χ1v) is 6.60. The summed E-state index contributed by atoms with van der Waals surface area (Å²) in [5.41, 5.74) is -0.247. The summed E-state index contributed by atoms with van der Waals surface area (Å²) >= 11 is 0. The second-order valence-corrected chi connectivity index (χ2v) is 4.72. The van der Waals surface area contributed by atoms with Gasteiger partial charge in [-0.2, -0.15) is 0 Å². The van der Waals surface area contributed by atoms with Gasteiger partial charge in [0.25, 0.3) is 0 Å². The average Bonchev–Trinajstić information content (AvgIpc) is 2.38. The molecule has 6 heteroatoms. The molecule has 0 aliphatic carbocycles. The van der Waals surface area contributed by atoms with E-state index in [0.717, 1.165) is 0 Å². The van der Waals surface area contributed by atoms with Crippen molar-refractivity contribution in [3.05, 3.63) is 0 Å². The highest BCUT2D eigenvalue weighted by atomic mass is 16.5. The zero-order valence-corrected chi connectivity index (χ0v) is 12.7. The van der Waals surface area contributed by atoms with Gasteiger partial charge >= 0.3 is 5.97 Å². The molecule has 2 N–H and O–H groups in total. The van der Waals surface area contributed by atoms with E-state index in [1.165, 1.54) is 0 Å². The molecule has 0 rings (SSSR count). The van der Waals surface area contributed by atoms with Crippen LogP contribution >= 0.6 is 0 Å². The Morgan fingerprint density at radius 2 is 2.00 bits per heavy atom. The van der Waals surface area contributed by atoms with Crippen LogP contribution in [-0.4, -0.2) is 51.4 Å². The predicted octanol–water partition coefficient (Wildman–Crippen LogP) is 0.920. The van der Waals surface area contributed by atoms with Crippen molar-refractivity contribution in [3.63, 3.8) is 0 Å². The molecule has 0 fully saturated rings. The predicted molar refractivity (Wildman–Crippen MR) is 76.3 cm³/mol. The normalized spacial score (nSPS) is 12.2.